The summed E-state index contributed by atoms with van der Waals surface area (Å²) >= 11 is 3.35. The van der Waals surface area contributed by atoms with E-state index in [-0.39, 0.29) is 0 Å². The average molecular weight is 371 g/mol. The second kappa shape index (κ2) is 6.62. The third-order valence-electron chi connectivity index (χ3n) is 3.17. The molecular weight excluding hydrogens is 356 g/mol. The number of nitrogens with zero attached hydrogens (tertiary/aromatic N) is 3. The predicted octanol–water partition coefficient (Wildman–Crippen LogP) is 4.01. The Balaban J connectivity index is 1.83. The van der Waals surface area contributed by atoms with E-state index in [0.717, 1.165) is 10.2 Å². The van der Waals surface area contributed by atoms with E-state index < -0.39 is 0 Å². The van der Waals surface area contributed by atoms with Crippen molar-refractivity contribution in [3.63, 3.8) is 0 Å². The molecule has 0 aliphatic rings. The van der Waals surface area contributed by atoms with Crippen LogP contribution in [0.1, 0.15) is 5.56 Å². The van der Waals surface area contributed by atoms with Gasteiger partial charge in [-0.2, -0.15) is 0 Å². The number of halogens is 1. The molecule has 116 valence electrons. The maximum absolute atomic E-state index is 6.15. The van der Waals surface area contributed by atoms with Crippen LogP contribution in [0.3, 0.4) is 0 Å². The number of rotatable bonds is 4. The van der Waals surface area contributed by atoms with Crippen molar-refractivity contribution in [3.8, 4) is 0 Å². The van der Waals surface area contributed by atoms with Gasteiger partial charge in [0.1, 0.15) is 17.8 Å². The molecule has 0 saturated carbocycles. The molecule has 0 unspecified atom stereocenters. The minimum Gasteiger partial charge on any atom is -0.393 e. The van der Waals surface area contributed by atoms with Gasteiger partial charge in [0.15, 0.2) is 11.6 Å². The van der Waals surface area contributed by atoms with Crippen molar-refractivity contribution in [2.75, 3.05) is 16.4 Å². The van der Waals surface area contributed by atoms with Crippen LogP contribution < -0.4 is 16.4 Å². The Morgan fingerprint density at radius 3 is 2.26 bits per heavy atom. The van der Waals surface area contributed by atoms with Crippen molar-refractivity contribution in [2.24, 2.45) is 0 Å². The highest BCUT2D eigenvalue weighted by molar-refractivity contribution is 9.10. The van der Waals surface area contributed by atoms with Gasteiger partial charge in [-0.1, -0.05) is 17.7 Å². The number of aryl methyl sites for hydroxylation is 1. The largest absolute Gasteiger partial charge is 0.393 e. The monoisotopic (exact) mass is 370 g/mol. The smallest absolute Gasteiger partial charge is 0.160 e. The van der Waals surface area contributed by atoms with E-state index >= 15 is 0 Å². The predicted molar refractivity (Wildman–Crippen MR) is 96.1 cm³/mol. The first-order chi connectivity index (χ1) is 11.1. The number of hydrogen-bond donors (Lipinski definition) is 3. The fraction of sp³-hybridized carbons (Fsp3) is 0.0625. The SMILES string of the molecule is Cc1ccc(Nc2ncnc(Nc3ccc(Br)cn3)c2N)cc1. The Kier molecular flexibility index (Phi) is 4.38. The molecule has 0 aliphatic carbocycles. The lowest BCUT2D eigenvalue weighted by atomic mass is 10.2. The second-order valence-electron chi connectivity index (χ2n) is 4.96. The lowest BCUT2D eigenvalue weighted by molar-refractivity contribution is 1.16. The zero-order valence-corrected chi connectivity index (χ0v) is 14.0. The van der Waals surface area contributed by atoms with Gasteiger partial charge in [0, 0.05) is 16.4 Å². The first-order valence-electron chi connectivity index (χ1n) is 6.94. The van der Waals surface area contributed by atoms with Crippen LogP contribution in [-0.4, -0.2) is 15.0 Å². The normalized spacial score (nSPS) is 10.3. The highest BCUT2D eigenvalue weighted by atomic mass is 79.9. The molecule has 0 atom stereocenters. The van der Waals surface area contributed by atoms with Gasteiger partial charge in [-0.25, -0.2) is 15.0 Å². The summed E-state index contributed by atoms with van der Waals surface area (Å²) in [6.45, 7) is 2.04. The van der Waals surface area contributed by atoms with E-state index in [9.17, 15) is 0 Å². The van der Waals surface area contributed by atoms with Crippen LogP contribution in [0.15, 0.2) is 53.4 Å². The van der Waals surface area contributed by atoms with Crippen molar-refractivity contribution in [2.45, 2.75) is 6.92 Å². The molecule has 0 radical (unpaired) electrons. The van der Waals surface area contributed by atoms with Crippen LogP contribution in [0.25, 0.3) is 0 Å². The summed E-state index contributed by atoms with van der Waals surface area (Å²) in [4.78, 5) is 12.6. The molecule has 0 fully saturated rings. The highest BCUT2D eigenvalue weighted by Crippen LogP contribution is 2.27. The molecule has 2 heterocycles. The maximum atomic E-state index is 6.15. The molecule has 1 aromatic carbocycles. The third kappa shape index (κ3) is 3.75. The topological polar surface area (TPSA) is 88.8 Å². The standard InChI is InChI=1S/C16H15BrN6/c1-10-2-5-12(6-3-10)22-15-14(18)16(21-9-20-15)23-13-7-4-11(17)8-19-13/h2-9H,18H2,1H3,(H2,19,20,21,22,23). The van der Waals surface area contributed by atoms with Gasteiger partial charge in [-0.3, -0.25) is 0 Å². The van der Waals surface area contributed by atoms with E-state index in [4.69, 9.17) is 5.73 Å². The van der Waals surface area contributed by atoms with E-state index in [2.05, 4.69) is 41.5 Å². The molecule has 7 heteroatoms. The van der Waals surface area contributed by atoms with Crippen molar-refractivity contribution < 1.29 is 0 Å². The molecular formula is C16H15BrN6. The molecule has 2 aromatic heterocycles. The molecule has 0 bridgehead atoms. The van der Waals surface area contributed by atoms with E-state index in [1.807, 2.05) is 43.3 Å². The maximum Gasteiger partial charge on any atom is 0.160 e. The molecule has 0 aliphatic heterocycles. The minimum atomic E-state index is 0.429. The quantitative estimate of drug-likeness (QED) is 0.642. The first kappa shape index (κ1) is 15.2. The summed E-state index contributed by atoms with van der Waals surface area (Å²) in [6, 6.07) is 11.7. The molecule has 3 aromatic rings. The van der Waals surface area contributed by atoms with Gasteiger partial charge in [-0.15, -0.1) is 0 Å². The zero-order valence-electron chi connectivity index (χ0n) is 12.4. The van der Waals surface area contributed by atoms with Crippen molar-refractivity contribution in [1.29, 1.82) is 0 Å². The molecule has 3 rings (SSSR count). The molecule has 0 amide bonds. The van der Waals surface area contributed by atoms with Gasteiger partial charge < -0.3 is 16.4 Å². The number of hydrogen-bond acceptors (Lipinski definition) is 6. The average Bonchev–Trinajstić information content (AvgIpc) is 2.55. The molecule has 6 nitrogen and oxygen atoms in total. The van der Waals surface area contributed by atoms with Crippen molar-refractivity contribution in [1.82, 2.24) is 15.0 Å². The van der Waals surface area contributed by atoms with E-state index in [1.54, 1.807) is 6.20 Å². The lowest BCUT2D eigenvalue weighted by Gasteiger charge is -2.12. The zero-order chi connectivity index (χ0) is 16.2. The van der Waals surface area contributed by atoms with Gasteiger partial charge in [0.25, 0.3) is 0 Å². The number of nitrogen functional groups attached to an aromatic ring is 1. The third-order valence-corrected chi connectivity index (χ3v) is 3.64. The molecule has 4 N–H and O–H groups in total. The molecule has 0 saturated heterocycles. The van der Waals surface area contributed by atoms with Gasteiger partial charge in [0.2, 0.25) is 0 Å². The Morgan fingerprint density at radius 2 is 1.61 bits per heavy atom. The van der Waals surface area contributed by atoms with Gasteiger partial charge in [0.05, 0.1) is 0 Å². The fourth-order valence-electron chi connectivity index (χ4n) is 1.94. The number of benzene rings is 1. The second-order valence-corrected chi connectivity index (χ2v) is 5.88. The number of nitrogens with two attached hydrogens (primary N) is 1. The number of aromatic nitrogens is 3. The van der Waals surface area contributed by atoms with Crippen LogP contribution in [0.4, 0.5) is 28.8 Å². The number of pyridine rings is 1. The Labute approximate surface area is 142 Å². The van der Waals surface area contributed by atoms with Crippen LogP contribution in [-0.2, 0) is 0 Å². The van der Waals surface area contributed by atoms with Crippen molar-refractivity contribution >= 4 is 44.8 Å². The Bertz CT molecular complexity index is 736. The lowest BCUT2D eigenvalue weighted by Crippen LogP contribution is -2.05. The molecule has 0 spiro atoms. The number of nitrogens with one attached hydrogen (secondary N) is 2. The highest BCUT2D eigenvalue weighted by Gasteiger charge is 2.09. The summed E-state index contributed by atoms with van der Waals surface area (Å²) in [5, 5.41) is 6.28. The van der Waals surface area contributed by atoms with Gasteiger partial charge in [-0.05, 0) is 47.1 Å². The summed E-state index contributed by atoms with van der Waals surface area (Å²) < 4.78 is 0.903. The summed E-state index contributed by atoms with van der Waals surface area (Å²) in [7, 11) is 0. The van der Waals surface area contributed by atoms with Crippen molar-refractivity contribution in [3.05, 3.63) is 59.0 Å². The summed E-state index contributed by atoms with van der Waals surface area (Å²) in [5.74, 6) is 1.70. The van der Waals surface area contributed by atoms with Crippen LogP contribution in [0, 0.1) is 6.92 Å². The first-order valence-corrected chi connectivity index (χ1v) is 7.74. The number of anilines is 5. The Morgan fingerprint density at radius 1 is 0.913 bits per heavy atom. The minimum absolute atomic E-state index is 0.429. The van der Waals surface area contributed by atoms with Gasteiger partial charge >= 0.3 is 0 Å². The summed E-state index contributed by atoms with van der Waals surface area (Å²) in [5.41, 5.74) is 8.68. The summed E-state index contributed by atoms with van der Waals surface area (Å²) in [6.07, 6.45) is 3.15. The Hall–Kier alpha value is -2.67. The van der Waals surface area contributed by atoms with Crippen LogP contribution in [0.2, 0.25) is 0 Å². The fourth-order valence-corrected chi connectivity index (χ4v) is 2.17. The van der Waals surface area contributed by atoms with E-state index in [0.29, 0.717) is 23.1 Å². The van der Waals surface area contributed by atoms with Crippen LogP contribution >= 0.6 is 15.9 Å². The van der Waals surface area contributed by atoms with Crippen LogP contribution in [0.5, 0.6) is 0 Å². The van der Waals surface area contributed by atoms with E-state index in [1.165, 1.54) is 11.9 Å². The molecule has 23 heavy (non-hydrogen) atoms.